The molecule has 2 aromatic heterocycles. The second-order valence-corrected chi connectivity index (χ2v) is 6.16. The van der Waals surface area contributed by atoms with Crippen LogP contribution in [0.15, 0.2) is 46.3 Å². The van der Waals surface area contributed by atoms with E-state index in [2.05, 4.69) is 25.7 Å². The molecule has 0 radical (unpaired) electrons. The van der Waals surface area contributed by atoms with E-state index in [-0.39, 0.29) is 15.1 Å². The van der Waals surface area contributed by atoms with E-state index in [1.54, 1.807) is 0 Å². The highest BCUT2D eigenvalue weighted by Gasteiger charge is 2.22. The summed E-state index contributed by atoms with van der Waals surface area (Å²) in [7, 11) is -2.57. The van der Waals surface area contributed by atoms with Crippen molar-refractivity contribution in [1.82, 2.24) is 8.96 Å². The van der Waals surface area contributed by atoms with Crippen LogP contribution in [-0.2, 0) is 14.8 Å². The number of methoxy groups -OCH3 is 1. The average Bonchev–Trinajstić information content (AvgIpc) is 2.81. The fourth-order valence-electron chi connectivity index (χ4n) is 1.44. The number of aromatic nitrogens is 2. The highest BCUT2D eigenvalue weighted by Crippen LogP contribution is 2.22. The number of hydrogen-bond acceptors (Lipinski definition) is 5. The predicted octanol–water partition coefficient (Wildman–Crippen LogP) is 1.67. The Morgan fingerprint density at radius 1 is 1.47 bits per heavy atom. The zero-order valence-corrected chi connectivity index (χ0v) is 12.2. The van der Waals surface area contributed by atoms with Crippen molar-refractivity contribution in [2.45, 2.75) is 4.90 Å². The molecule has 19 heavy (non-hydrogen) atoms. The van der Waals surface area contributed by atoms with E-state index in [1.165, 1.54) is 43.9 Å². The van der Waals surface area contributed by atoms with Gasteiger partial charge in [-0.1, -0.05) is 0 Å². The van der Waals surface area contributed by atoms with Gasteiger partial charge in [0.05, 0.1) is 12.7 Å². The van der Waals surface area contributed by atoms with Crippen molar-refractivity contribution in [3.63, 3.8) is 0 Å². The first kappa shape index (κ1) is 13.8. The zero-order chi connectivity index (χ0) is 14.0. The summed E-state index contributed by atoms with van der Waals surface area (Å²) in [6.07, 6.45) is 3.90. The molecule has 0 fully saturated rings. The topological polar surface area (TPSA) is 78.3 Å². The van der Waals surface area contributed by atoms with Gasteiger partial charge in [0.1, 0.15) is 9.50 Å². The number of hydrogen-bond donors (Lipinski definition) is 0. The molecule has 2 aromatic rings. The number of carbonyl (C=O) groups excluding carboxylic acids is 1. The van der Waals surface area contributed by atoms with Crippen LogP contribution < -0.4 is 0 Å². The molecule has 0 N–H and O–H groups in total. The van der Waals surface area contributed by atoms with E-state index < -0.39 is 16.0 Å². The monoisotopic (exact) mass is 344 g/mol. The molecule has 0 bridgehead atoms. The molecular formula is C11H9BrN2O4S. The van der Waals surface area contributed by atoms with Gasteiger partial charge in [0.15, 0.2) is 0 Å². The SMILES string of the molecule is COC(=O)c1cc(Br)n(S(=O)(=O)c2cccnc2)c1. The smallest absolute Gasteiger partial charge is 0.339 e. The lowest BCUT2D eigenvalue weighted by molar-refractivity contribution is 0.0601. The second kappa shape index (κ2) is 5.14. The Bertz CT molecular complexity index is 710. The molecule has 0 aliphatic carbocycles. The van der Waals surface area contributed by atoms with Crippen molar-refractivity contribution in [2.24, 2.45) is 0 Å². The molecule has 6 nitrogen and oxygen atoms in total. The Balaban J connectivity index is 2.54. The average molecular weight is 345 g/mol. The first-order valence-corrected chi connectivity index (χ1v) is 7.32. The van der Waals surface area contributed by atoms with Crippen LogP contribution in [0, 0.1) is 0 Å². The van der Waals surface area contributed by atoms with Crippen LogP contribution >= 0.6 is 15.9 Å². The molecule has 0 unspecified atom stereocenters. The molecule has 0 saturated heterocycles. The summed E-state index contributed by atoms with van der Waals surface area (Å²) in [5, 5.41) is 0. The van der Waals surface area contributed by atoms with E-state index >= 15 is 0 Å². The van der Waals surface area contributed by atoms with Gasteiger partial charge in [-0.05, 0) is 34.1 Å². The largest absolute Gasteiger partial charge is 0.465 e. The van der Waals surface area contributed by atoms with Crippen molar-refractivity contribution in [1.29, 1.82) is 0 Å². The molecule has 8 heteroatoms. The predicted molar refractivity (Wildman–Crippen MR) is 70.3 cm³/mol. The molecule has 0 saturated carbocycles. The lowest BCUT2D eigenvalue weighted by atomic mass is 10.3. The highest BCUT2D eigenvalue weighted by molar-refractivity contribution is 9.10. The first-order valence-electron chi connectivity index (χ1n) is 5.08. The third-order valence-corrected chi connectivity index (χ3v) is 4.86. The summed E-state index contributed by atoms with van der Waals surface area (Å²) in [6.45, 7) is 0. The van der Waals surface area contributed by atoms with Gasteiger partial charge in [-0.3, -0.25) is 4.98 Å². The Morgan fingerprint density at radius 2 is 2.21 bits per heavy atom. The van der Waals surface area contributed by atoms with Crippen molar-refractivity contribution in [2.75, 3.05) is 7.11 Å². The van der Waals surface area contributed by atoms with Gasteiger partial charge in [-0.25, -0.2) is 17.2 Å². The summed E-state index contributed by atoms with van der Waals surface area (Å²) in [5.74, 6) is -0.610. The summed E-state index contributed by atoms with van der Waals surface area (Å²) in [5.41, 5.74) is 0.141. The quantitative estimate of drug-likeness (QED) is 0.791. The van der Waals surface area contributed by atoms with Gasteiger partial charge in [-0.15, -0.1) is 0 Å². The molecular weight excluding hydrogens is 336 g/mol. The van der Waals surface area contributed by atoms with Crippen molar-refractivity contribution in [3.8, 4) is 0 Å². The number of rotatable bonds is 3. The molecule has 2 rings (SSSR count). The van der Waals surface area contributed by atoms with E-state index in [4.69, 9.17) is 0 Å². The summed E-state index contributed by atoms with van der Waals surface area (Å²) < 4.78 is 30.4. The Labute approximate surface area is 118 Å². The van der Waals surface area contributed by atoms with Crippen LogP contribution in [0.5, 0.6) is 0 Å². The highest BCUT2D eigenvalue weighted by atomic mass is 79.9. The van der Waals surface area contributed by atoms with Crippen LogP contribution in [-0.4, -0.2) is 30.5 Å². The lowest BCUT2D eigenvalue weighted by Crippen LogP contribution is -2.12. The van der Waals surface area contributed by atoms with Crippen molar-refractivity contribution < 1.29 is 17.9 Å². The van der Waals surface area contributed by atoms with E-state index in [9.17, 15) is 13.2 Å². The maximum absolute atomic E-state index is 12.3. The number of nitrogens with zero attached hydrogens (tertiary/aromatic N) is 2. The number of pyridine rings is 1. The van der Waals surface area contributed by atoms with Crippen molar-refractivity contribution in [3.05, 3.63) is 47.0 Å². The Hall–Kier alpha value is -1.67. The molecule has 0 aliphatic rings. The van der Waals surface area contributed by atoms with Gasteiger partial charge < -0.3 is 4.74 Å². The van der Waals surface area contributed by atoms with E-state index in [1.807, 2.05) is 0 Å². The van der Waals surface area contributed by atoms with Gasteiger partial charge in [0.2, 0.25) is 0 Å². The maximum atomic E-state index is 12.3. The third kappa shape index (κ3) is 2.54. The minimum absolute atomic E-state index is 0.0303. The minimum atomic E-state index is -3.79. The van der Waals surface area contributed by atoms with Gasteiger partial charge in [0, 0.05) is 18.6 Å². The van der Waals surface area contributed by atoms with Gasteiger partial charge in [-0.2, -0.15) is 0 Å². The third-order valence-electron chi connectivity index (χ3n) is 2.35. The van der Waals surface area contributed by atoms with Crippen molar-refractivity contribution >= 4 is 31.9 Å². The summed E-state index contributed by atoms with van der Waals surface area (Å²) in [6, 6.07) is 4.32. The Morgan fingerprint density at radius 3 is 2.79 bits per heavy atom. The molecule has 0 atom stereocenters. The number of esters is 1. The van der Waals surface area contributed by atoms with Crippen LogP contribution in [0.2, 0.25) is 0 Å². The molecule has 0 aromatic carbocycles. The number of halogens is 1. The molecule has 0 spiro atoms. The fraction of sp³-hybridized carbons (Fsp3) is 0.0909. The van der Waals surface area contributed by atoms with Crippen LogP contribution in [0.3, 0.4) is 0 Å². The van der Waals surface area contributed by atoms with Crippen LogP contribution in [0.1, 0.15) is 10.4 Å². The Kier molecular flexibility index (Phi) is 3.72. The first-order chi connectivity index (χ1) is 8.96. The second-order valence-electron chi connectivity index (χ2n) is 3.53. The molecule has 100 valence electrons. The zero-order valence-electron chi connectivity index (χ0n) is 9.78. The standard InChI is InChI=1S/C11H9BrN2O4S/c1-18-11(15)8-5-10(12)14(7-8)19(16,17)9-3-2-4-13-6-9/h2-7H,1H3. The van der Waals surface area contributed by atoms with Gasteiger partial charge in [0.25, 0.3) is 10.0 Å². The van der Waals surface area contributed by atoms with Crippen LogP contribution in [0.4, 0.5) is 0 Å². The maximum Gasteiger partial charge on any atom is 0.339 e. The van der Waals surface area contributed by atoms with Gasteiger partial charge >= 0.3 is 5.97 Å². The molecule has 0 amide bonds. The number of ether oxygens (including phenoxy) is 1. The molecule has 2 heterocycles. The van der Waals surface area contributed by atoms with E-state index in [0.29, 0.717) is 0 Å². The minimum Gasteiger partial charge on any atom is -0.465 e. The fourth-order valence-corrected chi connectivity index (χ4v) is 3.57. The van der Waals surface area contributed by atoms with E-state index in [0.717, 1.165) is 3.97 Å². The summed E-state index contributed by atoms with van der Waals surface area (Å²) >= 11 is 3.10. The summed E-state index contributed by atoms with van der Waals surface area (Å²) in [4.78, 5) is 15.2. The lowest BCUT2D eigenvalue weighted by Gasteiger charge is -2.06. The number of carbonyl (C=O) groups is 1. The normalized spacial score (nSPS) is 11.3. The van der Waals surface area contributed by atoms with Crippen LogP contribution in [0.25, 0.3) is 0 Å². The molecule has 0 aliphatic heterocycles.